The third-order valence-electron chi connectivity index (χ3n) is 2.78. The Kier molecular flexibility index (Phi) is 4.09. The molecule has 2 aromatic rings. The second kappa shape index (κ2) is 5.59. The average Bonchev–Trinajstić information content (AvgIpc) is 2.35. The Morgan fingerprint density at radius 2 is 1.72 bits per heavy atom. The molecule has 0 aliphatic heterocycles. The smallest absolute Gasteiger partial charge is 0.129 e. The number of rotatable bonds is 3. The molecule has 0 saturated carbocycles. The van der Waals surface area contributed by atoms with Crippen molar-refractivity contribution < 1.29 is 8.78 Å². The fourth-order valence-corrected chi connectivity index (χ4v) is 2.49. The molecule has 0 bridgehead atoms. The molecule has 1 atom stereocenters. The van der Waals surface area contributed by atoms with Crippen LogP contribution in [0.25, 0.3) is 0 Å². The summed E-state index contributed by atoms with van der Waals surface area (Å²) in [5, 5.41) is 3.04. The Balaban J connectivity index is 2.48. The first-order valence-electron chi connectivity index (χ1n) is 5.50. The van der Waals surface area contributed by atoms with Gasteiger partial charge in [0.05, 0.1) is 6.04 Å². The van der Waals surface area contributed by atoms with E-state index in [4.69, 9.17) is 0 Å². The maximum absolute atomic E-state index is 13.9. The van der Waals surface area contributed by atoms with Crippen LogP contribution in [0.1, 0.15) is 17.2 Å². The van der Waals surface area contributed by atoms with Crippen molar-refractivity contribution in [1.82, 2.24) is 5.32 Å². The molecule has 2 aromatic carbocycles. The molecule has 1 nitrogen and oxygen atoms in total. The van der Waals surface area contributed by atoms with Gasteiger partial charge in [-0.1, -0.05) is 34.1 Å². The summed E-state index contributed by atoms with van der Waals surface area (Å²) in [4.78, 5) is 0. The minimum atomic E-state index is -0.318. The minimum absolute atomic E-state index is 0.298. The van der Waals surface area contributed by atoms with Gasteiger partial charge in [0, 0.05) is 10.0 Å². The van der Waals surface area contributed by atoms with E-state index in [0.29, 0.717) is 10.0 Å². The zero-order valence-electron chi connectivity index (χ0n) is 9.75. The van der Waals surface area contributed by atoms with Gasteiger partial charge in [-0.25, -0.2) is 8.78 Å². The zero-order valence-corrected chi connectivity index (χ0v) is 11.3. The Hall–Kier alpha value is -1.26. The molecular formula is C14H12BrF2N. The van der Waals surface area contributed by atoms with Gasteiger partial charge in [-0.15, -0.1) is 0 Å². The third-order valence-corrected chi connectivity index (χ3v) is 3.47. The van der Waals surface area contributed by atoms with Crippen LogP contribution in [0, 0.1) is 11.6 Å². The van der Waals surface area contributed by atoms with Crippen molar-refractivity contribution in [2.24, 2.45) is 0 Å². The summed E-state index contributed by atoms with van der Waals surface area (Å²) in [6.07, 6.45) is 0. The highest BCUT2D eigenvalue weighted by Crippen LogP contribution is 2.30. The lowest BCUT2D eigenvalue weighted by atomic mass is 9.98. The fraction of sp³-hybridized carbons (Fsp3) is 0.143. The highest BCUT2D eigenvalue weighted by atomic mass is 79.9. The van der Waals surface area contributed by atoms with Gasteiger partial charge in [-0.3, -0.25) is 0 Å². The minimum Gasteiger partial charge on any atom is -0.309 e. The van der Waals surface area contributed by atoms with Crippen molar-refractivity contribution in [3.8, 4) is 0 Å². The lowest BCUT2D eigenvalue weighted by Gasteiger charge is -2.19. The van der Waals surface area contributed by atoms with E-state index in [2.05, 4.69) is 21.2 Å². The summed E-state index contributed by atoms with van der Waals surface area (Å²) in [7, 11) is 1.74. The van der Waals surface area contributed by atoms with Crippen molar-refractivity contribution in [3.05, 3.63) is 69.7 Å². The second-order valence-corrected chi connectivity index (χ2v) is 4.76. The van der Waals surface area contributed by atoms with Crippen LogP contribution in [0.5, 0.6) is 0 Å². The molecule has 0 fully saturated rings. The molecule has 0 aliphatic rings. The highest BCUT2D eigenvalue weighted by molar-refractivity contribution is 9.10. The monoisotopic (exact) mass is 311 g/mol. The van der Waals surface area contributed by atoms with Crippen LogP contribution >= 0.6 is 15.9 Å². The van der Waals surface area contributed by atoms with Crippen molar-refractivity contribution in [2.45, 2.75) is 6.04 Å². The topological polar surface area (TPSA) is 12.0 Å². The van der Waals surface area contributed by atoms with Gasteiger partial charge in [0.1, 0.15) is 11.6 Å². The van der Waals surface area contributed by atoms with Crippen molar-refractivity contribution >= 4 is 15.9 Å². The van der Waals surface area contributed by atoms with E-state index in [0.717, 1.165) is 5.56 Å². The van der Waals surface area contributed by atoms with Crippen LogP contribution in [-0.4, -0.2) is 7.05 Å². The predicted octanol–water partition coefficient (Wildman–Crippen LogP) is 4.04. The summed E-state index contributed by atoms with van der Waals surface area (Å²) >= 11 is 3.35. The predicted molar refractivity (Wildman–Crippen MR) is 71.4 cm³/mol. The molecule has 0 aromatic heterocycles. The summed E-state index contributed by atoms with van der Waals surface area (Å²) in [6.45, 7) is 0. The third kappa shape index (κ3) is 2.60. The highest BCUT2D eigenvalue weighted by Gasteiger charge is 2.18. The number of benzene rings is 2. The molecule has 0 radical (unpaired) electrons. The molecule has 1 N–H and O–H groups in total. The van der Waals surface area contributed by atoms with Crippen LogP contribution in [-0.2, 0) is 0 Å². The Morgan fingerprint density at radius 3 is 2.28 bits per heavy atom. The maximum atomic E-state index is 13.9. The number of halogens is 3. The number of hydrogen-bond acceptors (Lipinski definition) is 1. The lowest BCUT2D eigenvalue weighted by Crippen LogP contribution is -2.19. The Labute approximate surface area is 113 Å². The molecule has 1 unspecified atom stereocenters. The van der Waals surface area contributed by atoms with Gasteiger partial charge < -0.3 is 5.32 Å². The summed E-state index contributed by atoms with van der Waals surface area (Å²) < 4.78 is 27.5. The van der Waals surface area contributed by atoms with E-state index in [9.17, 15) is 8.78 Å². The first kappa shape index (κ1) is 13.2. The van der Waals surface area contributed by atoms with E-state index in [1.807, 2.05) is 0 Å². The number of hydrogen-bond donors (Lipinski definition) is 1. The molecular weight excluding hydrogens is 300 g/mol. The molecule has 4 heteroatoms. The Morgan fingerprint density at radius 1 is 1.06 bits per heavy atom. The van der Waals surface area contributed by atoms with Crippen molar-refractivity contribution in [1.29, 1.82) is 0 Å². The average molecular weight is 312 g/mol. The summed E-state index contributed by atoms with van der Waals surface area (Å²) in [5.41, 5.74) is 1.33. The second-order valence-electron chi connectivity index (χ2n) is 3.91. The maximum Gasteiger partial charge on any atom is 0.129 e. The van der Waals surface area contributed by atoms with E-state index in [1.54, 1.807) is 31.3 Å². The van der Waals surface area contributed by atoms with Crippen molar-refractivity contribution in [2.75, 3.05) is 7.05 Å². The van der Waals surface area contributed by atoms with Crippen LogP contribution in [0.4, 0.5) is 8.78 Å². The fourth-order valence-electron chi connectivity index (χ4n) is 1.92. The molecule has 0 aliphatic carbocycles. The molecule has 18 heavy (non-hydrogen) atoms. The van der Waals surface area contributed by atoms with Gasteiger partial charge in [0.25, 0.3) is 0 Å². The standard InChI is InChI=1S/C14H12BrF2N/c1-18-14(9-5-7-10(16)8-6-9)13-11(15)3-2-4-12(13)17/h2-8,14,18H,1H3. The van der Waals surface area contributed by atoms with Crippen LogP contribution in [0.15, 0.2) is 46.9 Å². The first-order chi connectivity index (χ1) is 8.63. The molecule has 0 spiro atoms. The van der Waals surface area contributed by atoms with Crippen LogP contribution in [0.3, 0.4) is 0 Å². The largest absolute Gasteiger partial charge is 0.309 e. The van der Waals surface area contributed by atoms with E-state index >= 15 is 0 Å². The molecule has 0 amide bonds. The van der Waals surface area contributed by atoms with Crippen molar-refractivity contribution in [3.63, 3.8) is 0 Å². The number of nitrogens with one attached hydrogen (secondary N) is 1. The van der Waals surface area contributed by atoms with E-state index in [-0.39, 0.29) is 17.7 Å². The zero-order chi connectivity index (χ0) is 13.1. The van der Waals surface area contributed by atoms with Gasteiger partial charge in [0.2, 0.25) is 0 Å². The van der Waals surface area contributed by atoms with E-state index in [1.165, 1.54) is 18.2 Å². The lowest BCUT2D eigenvalue weighted by molar-refractivity contribution is 0.572. The van der Waals surface area contributed by atoms with Gasteiger partial charge >= 0.3 is 0 Å². The van der Waals surface area contributed by atoms with Gasteiger partial charge in [0.15, 0.2) is 0 Å². The summed E-state index contributed by atoms with van der Waals surface area (Å²) in [6, 6.07) is 10.6. The van der Waals surface area contributed by atoms with Crippen LogP contribution in [0.2, 0.25) is 0 Å². The van der Waals surface area contributed by atoms with E-state index < -0.39 is 0 Å². The summed E-state index contributed by atoms with van der Waals surface area (Å²) in [5.74, 6) is -0.603. The van der Waals surface area contributed by atoms with Gasteiger partial charge in [-0.2, -0.15) is 0 Å². The first-order valence-corrected chi connectivity index (χ1v) is 6.29. The van der Waals surface area contributed by atoms with Crippen LogP contribution < -0.4 is 5.32 Å². The molecule has 2 rings (SSSR count). The SMILES string of the molecule is CNC(c1ccc(F)cc1)c1c(F)cccc1Br. The van der Waals surface area contributed by atoms with Gasteiger partial charge in [-0.05, 0) is 36.9 Å². The molecule has 0 saturated heterocycles. The molecule has 0 heterocycles. The Bertz CT molecular complexity index is 520. The normalized spacial score (nSPS) is 12.4. The molecule has 94 valence electrons. The quantitative estimate of drug-likeness (QED) is 0.902.